The van der Waals surface area contributed by atoms with Gasteiger partial charge >= 0.3 is 0 Å². The van der Waals surface area contributed by atoms with E-state index in [1.165, 1.54) is 0 Å². The van der Waals surface area contributed by atoms with Crippen LogP contribution in [0.4, 0.5) is 0 Å². The molecular formula is C22H25N5O4. The highest BCUT2D eigenvalue weighted by Crippen LogP contribution is 2.27. The van der Waals surface area contributed by atoms with Crippen LogP contribution in [0.5, 0.6) is 0 Å². The van der Waals surface area contributed by atoms with Crippen molar-refractivity contribution in [3.8, 4) is 0 Å². The number of nitrogens with one attached hydrogen (secondary N) is 2. The van der Waals surface area contributed by atoms with E-state index >= 15 is 0 Å². The van der Waals surface area contributed by atoms with E-state index in [2.05, 4.69) is 15.5 Å². The Morgan fingerprint density at radius 2 is 2.16 bits per heavy atom. The van der Waals surface area contributed by atoms with Crippen LogP contribution >= 0.6 is 0 Å². The smallest absolute Gasteiger partial charge is 0.257 e. The quantitative estimate of drug-likeness (QED) is 0.586. The highest BCUT2D eigenvalue weighted by atomic mass is 16.5. The minimum atomic E-state index is -0.431. The summed E-state index contributed by atoms with van der Waals surface area (Å²) in [6, 6.07) is 9.25. The number of fused-ring (bicyclic) bond motifs is 1. The molecule has 2 N–H and O–H groups in total. The van der Waals surface area contributed by atoms with Gasteiger partial charge in [0.1, 0.15) is 6.10 Å². The maximum absolute atomic E-state index is 12.9. The number of pyridine rings is 1. The van der Waals surface area contributed by atoms with Crippen molar-refractivity contribution in [2.24, 2.45) is 0 Å². The van der Waals surface area contributed by atoms with Gasteiger partial charge in [-0.25, -0.2) is 4.98 Å². The van der Waals surface area contributed by atoms with Crippen LogP contribution in [0, 0.1) is 6.92 Å². The second-order valence-corrected chi connectivity index (χ2v) is 7.38. The van der Waals surface area contributed by atoms with Crippen molar-refractivity contribution < 1.29 is 19.1 Å². The normalized spacial score (nSPS) is 16.5. The van der Waals surface area contributed by atoms with E-state index in [9.17, 15) is 9.59 Å². The second kappa shape index (κ2) is 9.23. The zero-order valence-electron chi connectivity index (χ0n) is 17.6. The third-order valence-corrected chi connectivity index (χ3v) is 5.32. The molecule has 1 fully saturated rings. The number of rotatable bonds is 6. The predicted octanol–water partition coefficient (Wildman–Crippen LogP) is 1.86. The monoisotopic (exact) mass is 423 g/mol. The Bertz CT molecular complexity index is 1100. The molecular weight excluding hydrogens is 398 g/mol. The number of carbonyl (C=O) groups excluding carboxylic acids is 2. The fourth-order valence-corrected chi connectivity index (χ4v) is 3.66. The number of aryl methyl sites for hydroxylation is 1. The maximum atomic E-state index is 12.9. The Hall–Kier alpha value is -3.30. The lowest BCUT2D eigenvalue weighted by Crippen LogP contribution is -2.42. The number of aromatic nitrogens is 3. The molecule has 0 saturated carbocycles. The molecule has 3 aromatic rings. The van der Waals surface area contributed by atoms with E-state index in [0.717, 1.165) is 11.1 Å². The number of carbonyl (C=O) groups is 2. The molecule has 0 bridgehead atoms. The molecule has 1 atom stereocenters. The molecule has 3 heterocycles. The summed E-state index contributed by atoms with van der Waals surface area (Å²) in [6.45, 7) is 3.87. The van der Waals surface area contributed by atoms with Gasteiger partial charge in [0.15, 0.2) is 0 Å². The predicted molar refractivity (Wildman–Crippen MR) is 114 cm³/mol. The van der Waals surface area contributed by atoms with Gasteiger partial charge < -0.3 is 19.7 Å². The minimum absolute atomic E-state index is 0.0992. The Morgan fingerprint density at radius 3 is 2.94 bits per heavy atom. The van der Waals surface area contributed by atoms with Crippen molar-refractivity contribution in [1.82, 2.24) is 25.4 Å². The van der Waals surface area contributed by atoms with E-state index in [0.29, 0.717) is 55.2 Å². The average Bonchev–Trinajstić information content (AvgIpc) is 3.23. The summed E-state index contributed by atoms with van der Waals surface area (Å²) < 4.78 is 11.0. The lowest BCUT2D eigenvalue weighted by atomic mass is 10.0. The number of para-hydroxylation sites is 1. The molecule has 0 radical (unpaired) electrons. The van der Waals surface area contributed by atoms with Crippen LogP contribution in [-0.4, -0.2) is 71.9 Å². The van der Waals surface area contributed by atoms with E-state index in [1.807, 2.05) is 31.2 Å². The third-order valence-electron chi connectivity index (χ3n) is 5.32. The zero-order chi connectivity index (χ0) is 21.8. The molecule has 2 amide bonds. The van der Waals surface area contributed by atoms with Crippen molar-refractivity contribution in [3.63, 3.8) is 0 Å². The van der Waals surface area contributed by atoms with Gasteiger partial charge in [-0.2, -0.15) is 5.10 Å². The lowest BCUT2D eigenvalue weighted by Gasteiger charge is -2.33. The number of methoxy groups -OCH3 is 1. The van der Waals surface area contributed by atoms with Crippen molar-refractivity contribution >= 4 is 22.7 Å². The van der Waals surface area contributed by atoms with Crippen LogP contribution < -0.4 is 5.32 Å². The van der Waals surface area contributed by atoms with Gasteiger partial charge in [0.05, 0.1) is 48.3 Å². The van der Waals surface area contributed by atoms with E-state index < -0.39 is 6.10 Å². The van der Waals surface area contributed by atoms with Gasteiger partial charge in [0.2, 0.25) is 0 Å². The number of nitrogens with zero attached hydrogens (tertiary/aromatic N) is 3. The highest BCUT2D eigenvalue weighted by Gasteiger charge is 2.29. The molecule has 1 aliphatic rings. The molecule has 1 saturated heterocycles. The molecule has 31 heavy (non-hydrogen) atoms. The van der Waals surface area contributed by atoms with E-state index in [4.69, 9.17) is 14.5 Å². The second-order valence-electron chi connectivity index (χ2n) is 7.38. The fraction of sp³-hybridized carbons (Fsp3) is 0.364. The maximum Gasteiger partial charge on any atom is 0.257 e. The number of morpholine rings is 1. The number of H-pyrrole nitrogens is 1. The molecule has 162 valence electrons. The van der Waals surface area contributed by atoms with Crippen LogP contribution in [0.25, 0.3) is 10.9 Å². The number of benzene rings is 1. The van der Waals surface area contributed by atoms with Gasteiger partial charge in [0.25, 0.3) is 11.8 Å². The summed E-state index contributed by atoms with van der Waals surface area (Å²) >= 11 is 0. The molecule has 0 spiro atoms. The molecule has 9 heteroatoms. The first-order valence-electron chi connectivity index (χ1n) is 10.2. The molecule has 1 unspecified atom stereocenters. The topological polar surface area (TPSA) is 109 Å². The lowest BCUT2D eigenvalue weighted by molar-refractivity contribution is -0.0246. The van der Waals surface area contributed by atoms with Crippen LogP contribution in [0.3, 0.4) is 0 Å². The summed E-state index contributed by atoms with van der Waals surface area (Å²) in [5, 5.41) is 10.4. The van der Waals surface area contributed by atoms with Crippen molar-refractivity contribution in [3.05, 3.63) is 59.0 Å². The average molecular weight is 423 g/mol. The Labute approximate surface area is 179 Å². The number of ether oxygens (including phenoxy) is 2. The standard InChI is InChI=1S/C22H25N5O4/c1-14-17(12-24-26-14)22(29)27-8-10-31-20(13-27)19-11-16(21(28)23-7-9-30-2)15-5-3-4-6-18(15)25-19/h3-6,11-12,20H,7-10,13H2,1-2H3,(H,23,28)(H,24,26). The van der Waals surface area contributed by atoms with Crippen molar-refractivity contribution in [2.75, 3.05) is 40.0 Å². The summed E-state index contributed by atoms with van der Waals surface area (Å²) in [5.74, 6) is -0.299. The Morgan fingerprint density at radius 1 is 1.32 bits per heavy atom. The van der Waals surface area contributed by atoms with Gasteiger partial charge in [-0.15, -0.1) is 0 Å². The van der Waals surface area contributed by atoms with Gasteiger partial charge in [0, 0.05) is 31.3 Å². The Kier molecular flexibility index (Phi) is 6.24. The van der Waals surface area contributed by atoms with Gasteiger partial charge in [-0.05, 0) is 19.1 Å². The van der Waals surface area contributed by atoms with Crippen molar-refractivity contribution in [1.29, 1.82) is 0 Å². The van der Waals surface area contributed by atoms with Crippen LogP contribution in [-0.2, 0) is 9.47 Å². The molecule has 1 aromatic carbocycles. The molecule has 4 rings (SSSR count). The Balaban J connectivity index is 1.62. The zero-order valence-corrected chi connectivity index (χ0v) is 17.6. The van der Waals surface area contributed by atoms with Crippen LogP contribution in [0.2, 0.25) is 0 Å². The van der Waals surface area contributed by atoms with Crippen molar-refractivity contribution in [2.45, 2.75) is 13.0 Å². The molecule has 1 aliphatic heterocycles. The highest BCUT2D eigenvalue weighted by molar-refractivity contribution is 6.06. The number of amides is 2. The SMILES string of the molecule is COCCNC(=O)c1cc(C2CN(C(=O)c3cn[nH]c3C)CCO2)nc2ccccc12. The summed E-state index contributed by atoms with van der Waals surface area (Å²) in [5.41, 5.74) is 3.12. The summed E-state index contributed by atoms with van der Waals surface area (Å²) in [6.07, 6.45) is 1.11. The van der Waals surface area contributed by atoms with Gasteiger partial charge in [-0.3, -0.25) is 14.7 Å². The first-order valence-corrected chi connectivity index (χ1v) is 10.2. The third kappa shape index (κ3) is 4.42. The van der Waals surface area contributed by atoms with Gasteiger partial charge in [-0.1, -0.05) is 18.2 Å². The van der Waals surface area contributed by atoms with E-state index in [1.54, 1.807) is 24.3 Å². The van der Waals surface area contributed by atoms with Crippen LogP contribution in [0.15, 0.2) is 36.5 Å². The molecule has 9 nitrogen and oxygen atoms in total. The van der Waals surface area contributed by atoms with E-state index in [-0.39, 0.29) is 11.8 Å². The largest absolute Gasteiger partial charge is 0.383 e. The molecule has 0 aliphatic carbocycles. The fourth-order valence-electron chi connectivity index (χ4n) is 3.66. The molecule has 2 aromatic heterocycles. The first-order chi connectivity index (χ1) is 15.1. The number of aromatic amines is 1. The first kappa shape index (κ1) is 21.0. The minimum Gasteiger partial charge on any atom is -0.383 e. The number of hydrogen-bond donors (Lipinski definition) is 2. The summed E-state index contributed by atoms with van der Waals surface area (Å²) in [4.78, 5) is 32.2. The summed E-state index contributed by atoms with van der Waals surface area (Å²) in [7, 11) is 1.59. The van der Waals surface area contributed by atoms with Crippen LogP contribution in [0.1, 0.15) is 38.2 Å². The number of hydrogen-bond acceptors (Lipinski definition) is 6.